The highest BCUT2D eigenvalue weighted by Crippen LogP contribution is 2.05. The molecule has 1 aromatic rings. The molecule has 3 N–H and O–H groups in total. The highest BCUT2D eigenvalue weighted by atomic mass is 16.2. The molecule has 0 saturated carbocycles. The van der Waals surface area contributed by atoms with Gasteiger partial charge in [0.1, 0.15) is 5.82 Å². The first-order valence-electron chi connectivity index (χ1n) is 5.66. The molecule has 1 aliphatic rings. The lowest BCUT2D eigenvalue weighted by atomic mass is 10.1. The fourth-order valence-corrected chi connectivity index (χ4v) is 1.84. The Kier molecular flexibility index (Phi) is 3.51. The van der Waals surface area contributed by atoms with E-state index in [1.54, 1.807) is 6.92 Å². The van der Waals surface area contributed by atoms with Crippen LogP contribution in [0.5, 0.6) is 0 Å². The molecule has 0 radical (unpaired) electrons. The number of H-pyrrole nitrogens is 1. The number of carbonyl (C=O) groups excluding carboxylic acids is 1. The SMILES string of the molecule is Cc1nc(C(=O)NCC2CCCCN2)n[nH]1. The number of amides is 1. The van der Waals surface area contributed by atoms with Crippen molar-refractivity contribution in [3.05, 3.63) is 11.6 Å². The van der Waals surface area contributed by atoms with Gasteiger partial charge in [0, 0.05) is 12.6 Å². The molecular weight excluding hydrogens is 206 g/mol. The number of hydrogen-bond donors (Lipinski definition) is 3. The van der Waals surface area contributed by atoms with Gasteiger partial charge in [0.2, 0.25) is 5.82 Å². The number of aryl methyl sites for hydroxylation is 1. The van der Waals surface area contributed by atoms with Crippen LogP contribution in [0.3, 0.4) is 0 Å². The van der Waals surface area contributed by atoms with Crippen LogP contribution >= 0.6 is 0 Å². The van der Waals surface area contributed by atoms with Gasteiger partial charge in [-0.3, -0.25) is 9.89 Å². The first kappa shape index (κ1) is 11.1. The number of aromatic nitrogens is 3. The molecule has 6 heteroatoms. The van der Waals surface area contributed by atoms with Crippen molar-refractivity contribution in [2.45, 2.75) is 32.2 Å². The molecule has 1 atom stereocenters. The van der Waals surface area contributed by atoms with Gasteiger partial charge in [0.05, 0.1) is 0 Å². The number of aromatic amines is 1. The van der Waals surface area contributed by atoms with Gasteiger partial charge in [0.15, 0.2) is 0 Å². The van der Waals surface area contributed by atoms with E-state index in [4.69, 9.17) is 0 Å². The molecule has 1 saturated heterocycles. The summed E-state index contributed by atoms with van der Waals surface area (Å²) in [5, 5.41) is 12.7. The zero-order valence-electron chi connectivity index (χ0n) is 9.42. The van der Waals surface area contributed by atoms with E-state index in [9.17, 15) is 4.79 Å². The minimum Gasteiger partial charge on any atom is -0.348 e. The summed E-state index contributed by atoms with van der Waals surface area (Å²) in [6.45, 7) is 3.46. The minimum atomic E-state index is -0.211. The Bertz CT molecular complexity index is 356. The lowest BCUT2D eigenvalue weighted by molar-refractivity contribution is 0.0937. The normalized spacial score (nSPS) is 20.7. The van der Waals surface area contributed by atoms with Gasteiger partial charge >= 0.3 is 0 Å². The Morgan fingerprint density at radius 3 is 3.06 bits per heavy atom. The number of rotatable bonds is 3. The number of hydrogen-bond acceptors (Lipinski definition) is 4. The highest BCUT2D eigenvalue weighted by Gasteiger charge is 2.15. The van der Waals surface area contributed by atoms with Crippen LogP contribution in [0.2, 0.25) is 0 Å². The Morgan fingerprint density at radius 1 is 1.56 bits per heavy atom. The topological polar surface area (TPSA) is 82.7 Å². The maximum Gasteiger partial charge on any atom is 0.291 e. The molecule has 1 aromatic heterocycles. The van der Waals surface area contributed by atoms with E-state index in [1.165, 1.54) is 12.8 Å². The lowest BCUT2D eigenvalue weighted by Gasteiger charge is -2.23. The fraction of sp³-hybridized carbons (Fsp3) is 0.700. The van der Waals surface area contributed by atoms with Gasteiger partial charge in [0.25, 0.3) is 5.91 Å². The number of nitrogens with zero attached hydrogens (tertiary/aromatic N) is 2. The Labute approximate surface area is 94.2 Å². The molecule has 2 rings (SSSR count). The summed E-state index contributed by atoms with van der Waals surface area (Å²) in [6.07, 6.45) is 3.57. The fourth-order valence-electron chi connectivity index (χ4n) is 1.84. The van der Waals surface area contributed by atoms with E-state index in [0.29, 0.717) is 18.4 Å². The van der Waals surface area contributed by atoms with Crippen LogP contribution in [0.15, 0.2) is 0 Å². The molecule has 16 heavy (non-hydrogen) atoms. The summed E-state index contributed by atoms with van der Waals surface area (Å²) in [6, 6.07) is 0.387. The van der Waals surface area contributed by atoms with Gasteiger partial charge < -0.3 is 10.6 Å². The second kappa shape index (κ2) is 5.07. The first-order chi connectivity index (χ1) is 7.75. The molecule has 1 fully saturated rings. The van der Waals surface area contributed by atoms with Gasteiger partial charge in [-0.25, -0.2) is 4.98 Å². The molecule has 0 bridgehead atoms. The van der Waals surface area contributed by atoms with Crippen molar-refractivity contribution in [2.24, 2.45) is 0 Å². The van der Waals surface area contributed by atoms with E-state index in [1.807, 2.05) is 0 Å². The summed E-state index contributed by atoms with van der Waals surface area (Å²) in [5.41, 5.74) is 0. The molecule has 88 valence electrons. The lowest BCUT2D eigenvalue weighted by Crippen LogP contribution is -2.43. The summed E-state index contributed by atoms with van der Waals surface area (Å²) in [4.78, 5) is 15.6. The Morgan fingerprint density at radius 2 is 2.44 bits per heavy atom. The van der Waals surface area contributed by atoms with Crippen molar-refractivity contribution in [1.29, 1.82) is 0 Å². The van der Waals surface area contributed by atoms with Crippen molar-refractivity contribution in [1.82, 2.24) is 25.8 Å². The predicted octanol–water partition coefficient (Wildman–Crippen LogP) is -0.0150. The number of nitrogens with one attached hydrogen (secondary N) is 3. The average molecular weight is 223 g/mol. The third-order valence-electron chi connectivity index (χ3n) is 2.72. The van der Waals surface area contributed by atoms with Crippen molar-refractivity contribution < 1.29 is 4.79 Å². The van der Waals surface area contributed by atoms with Crippen LogP contribution in [0, 0.1) is 6.92 Å². The van der Waals surface area contributed by atoms with E-state index < -0.39 is 0 Å². The largest absolute Gasteiger partial charge is 0.348 e. The summed E-state index contributed by atoms with van der Waals surface area (Å²) < 4.78 is 0. The van der Waals surface area contributed by atoms with Crippen LogP contribution in [0.1, 0.15) is 35.7 Å². The van der Waals surface area contributed by atoms with E-state index in [-0.39, 0.29) is 11.7 Å². The van der Waals surface area contributed by atoms with Gasteiger partial charge in [-0.2, -0.15) is 0 Å². The molecule has 0 aliphatic carbocycles. The van der Waals surface area contributed by atoms with Crippen LogP contribution in [0.4, 0.5) is 0 Å². The predicted molar refractivity (Wildman–Crippen MR) is 59.1 cm³/mol. The molecule has 0 aromatic carbocycles. The molecule has 1 amide bonds. The average Bonchev–Trinajstić information content (AvgIpc) is 2.74. The van der Waals surface area contributed by atoms with Crippen molar-refractivity contribution in [3.8, 4) is 0 Å². The standard InChI is InChI=1S/C10H17N5O/c1-7-13-9(15-14-7)10(16)12-6-8-4-2-3-5-11-8/h8,11H,2-6H2,1H3,(H,12,16)(H,13,14,15). The van der Waals surface area contributed by atoms with Crippen molar-refractivity contribution in [2.75, 3.05) is 13.1 Å². The maximum absolute atomic E-state index is 11.6. The smallest absolute Gasteiger partial charge is 0.291 e. The summed E-state index contributed by atoms with van der Waals surface area (Å²) in [5.74, 6) is 0.658. The number of piperidine rings is 1. The summed E-state index contributed by atoms with van der Waals surface area (Å²) >= 11 is 0. The molecule has 6 nitrogen and oxygen atoms in total. The van der Waals surface area contributed by atoms with Gasteiger partial charge in [-0.15, -0.1) is 5.10 Å². The maximum atomic E-state index is 11.6. The van der Waals surface area contributed by atoms with Crippen LogP contribution < -0.4 is 10.6 Å². The first-order valence-corrected chi connectivity index (χ1v) is 5.66. The molecular formula is C10H17N5O. The minimum absolute atomic E-state index is 0.211. The monoisotopic (exact) mass is 223 g/mol. The molecule has 1 unspecified atom stereocenters. The van der Waals surface area contributed by atoms with Gasteiger partial charge in [-0.1, -0.05) is 6.42 Å². The van der Waals surface area contributed by atoms with Crippen LogP contribution in [-0.2, 0) is 0 Å². The third kappa shape index (κ3) is 2.79. The van der Waals surface area contributed by atoms with Crippen LogP contribution in [0.25, 0.3) is 0 Å². The molecule has 0 spiro atoms. The van der Waals surface area contributed by atoms with E-state index >= 15 is 0 Å². The number of carbonyl (C=O) groups is 1. The second-order valence-electron chi connectivity index (χ2n) is 4.10. The van der Waals surface area contributed by atoms with Crippen molar-refractivity contribution in [3.63, 3.8) is 0 Å². The van der Waals surface area contributed by atoms with Gasteiger partial charge in [-0.05, 0) is 26.3 Å². The second-order valence-corrected chi connectivity index (χ2v) is 4.10. The van der Waals surface area contributed by atoms with Crippen molar-refractivity contribution >= 4 is 5.91 Å². The highest BCUT2D eigenvalue weighted by molar-refractivity contribution is 5.90. The Balaban J connectivity index is 1.79. The third-order valence-corrected chi connectivity index (χ3v) is 2.72. The summed E-state index contributed by atoms with van der Waals surface area (Å²) in [7, 11) is 0. The van der Waals surface area contributed by atoms with Crippen LogP contribution in [-0.4, -0.2) is 40.2 Å². The molecule has 1 aliphatic heterocycles. The quantitative estimate of drug-likeness (QED) is 0.673. The zero-order valence-corrected chi connectivity index (χ0v) is 9.42. The zero-order chi connectivity index (χ0) is 11.4. The van der Waals surface area contributed by atoms with E-state index in [0.717, 1.165) is 13.0 Å². The Hall–Kier alpha value is -1.43. The van der Waals surface area contributed by atoms with E-state index in [2.05, 4.69) is 25.8 Å². The molecule has 2 heterocycles.